The molecule has 6 heteroatoms. The summed E-state index contributed by atoms with van der Waals surface area (Å²) in [7, 11) is 0. The summed E-state index contributed by atoms with van der Waals surface area (Å²) in [6.45, 7) is 2.32. The number of ether oxygens (including phenoxy) is 1. The van der Waals surface area contributed by atoms with E-state index >= 15 is 0 Å². The molecular weight excluding hydrogens is 312 g/mol. The minimum atomic E-state index is -0.607. The fourth-order valence-corrected chi connectivity index (χ4v) is 1.73. The van der Waals surface area contributed by atoms with Gasteiger partial charge in [-0.3, -0.25) is 4.79 Å². The third kappa shape index (κ3) is 5.30. The summed E-state index contributed by atoms with van der Waals surface area (Å²) < 4.78 is 5.63. The van der Waals surface area contributed by atoms with Crippen molar-refractivity contribution in [2.24, 2.45) is 0 Å². The molecule has 104 valence electrons. The predicted octanol–water partition coefficient (Wildman–Crippen LogP) is 2.10. The topological polar surface area (TPSA) is 81.4 Å². The molecule has 1 aromatic carbocycles. The quantitative estimate of drug-likeness (QED) is 0.476. The molecule has 3 N–H and O–H groups in total. The van der Waals surface area contributed by atoms with E-state index in [4.69, 9.17) is 10.5 Å². The van der Waals surface area contributed by atoms with Crippen LogP contribution in [0.15, 0.2) is 22.7 Å². The molecule has 1 rings (SSSR count). The summed E-state index contributed by atoms with van der Waals surface area (Å²) in [5, 5.41) is 2.66. The molecule has 1 aromatic rings. The summed E-state index contributed by atoms with van der Waals surface area (Å²) in [5.41, 5.74) is 6.24. The molecule has 0 unspecified atom stereocenters. The number of carbonyl (C=O) groups excluding carboxylic acids is 2. The van der Waals surface area contributed by atoms with Gasteiger partial charge in [0.05, 0.1) is 5.56 Å². The van der Waals surface area contributed by atoms with Crippen LogP contribution in [-0.2, 0) is 9.53 Å². The van der Waals surface area contributed by atoms with Gasteiger partial charge >= 0.3 is 5.97 Å². The monoisotopic (exact) mass is 328 g/mol. The van der Waals surface area contributed by atoms with Crippen molar-refractivity contribution in [2.45, 2.75) is 19.8 Å². The average Bonchev–Trinajstić information content (AvgIpc) is 2.39. The molecule has 0 aliphatic rings. The Morgan fingerprint density at radius 2 is 2.16 bits per heavy atom. The third-order valence-electron chi connectivity index (χ3n) is 2.42. The lowest BCUT2D eigenvalue weighted by molar-refractivity contribution is -0.124. The number of hydrogen-bond acceptors (Lipinski definition) is 4. The molecular formula is C13H17BrN2O3. The average molecular weight is 329 g/mol. The van der Waals surface area contributed by atoms with Gasteiger partial charge in [-0.2, -0.15) is 0 Å². The second-order valence-corrected chi connectivity index (χ2v) is 4.93. The molecule has 0 saturated carbocycles. The van der Waals surface area contributed by atoms with Gasteiger partial charge < -0.3 is 15.8 Å². The van der Waals surface area contributed by atoms with Crippen LogP contribution in [0.25, 0.3) is 0 Å². The standard InChI is InChI=1S/C13H17BrN2O3/c1-2-3-6-16-12(17)8-19-13(18)10-7-9(14)4-5-11(10)15/h4-5,7H,2-3,6,8,15H2,1H3,(H,16,17). The Kier molecular flexibility index (Phi) is 6.35. The fourth-order valence-electron chi connectivity index (χ4n) is 1.37. The molecule has 0 aliphatic heterocycles. The molecule has 1 amide bonds. The Labute approximate surface area is 120 Å². The number of nitrogens with two attached hydrogens (primary N) is 1. The Bertz CT molecular complexity index is 463. The highest BCUT2D eigenvalue weighted by atomic mass is 79.9. The van der Waals surface area contributed by atoms with Crippen LogP contribution in [-0.4, -0.2) is 25.0 Å². The van der Waals surface area contributed by atoms with Crippen molar-refractivity contribution in [2.75, 3.05) is 18.9 Å². The Balaban J connectivity index is 2.47. The van der Waals surface area contributed by atoms with E-state index < -0.39 is 5.97 Å². The van der Waals surface area contributed by atoms with E-state index in [9.17, 15) is 9.59 Å². The summed E-state index contributed by atoms with van der Waals surface area (Å²) in [5.74, 6) is -0.917. The second kappa shape index (κ2) is 7.78. The highest BCUT2D eigenvalue weighted by molar-refractivity contribution is 9.10. The number of esters is 1. The molecule has 0 radical (unpaired) electrons. The van der Waals surface area contributed by atoms with E-state index in [1.165, 1.54) is 0 Å². The first-order valence-electron chi connectivity index (χ1n) is 6.03. The minimum absolute atomic E-state index is 0.246. The van der Waals surface area contributed by atoms with Crippen molar-refractivity contribution in [1.82, 2.24) is 5.32 Å². The van der Waals surface area contributed by atoms with Crippen LogP contribution in [0.4, 0.5) is 5.69 Å². The number of hydrogen-bond donors (Lipinski definition) is 2. The Morgan fingerprint density at radius 1 is 1.42 bits per heavy atom. The minimum Gasteiger partial charge on any atom is -0.452 e. The van der Waals surface area contributed by atoms with Gasteiger partial charge in [-0.1, -0.05) is 29.3 Å². The third-order valence-corrected chi connectivity index (χ3v) is 2.92. The van der Waals surface area contributed by atoms with Gasteiger partial charge in [0, 0.05) is 16.7 Å². The lowest BCUT2D eigenvalue weighted by Crippen LogP contribution is -2.29. The van der Waals surface area contributed by atoms with Gasteiger partial charge in [-0.25, -0.2) is 4.79 Å². The van der Waals surface area contributed by atoms with E-state index in [1.54, 1.807) is 18.2 Å². The van der Waals surface area contributed by atoms with Crippen molar-refractivity contribution in [3.8, 4) is 0 Å². The van der Waals surface area contributed by atoms with Gasteiger partial charge in [-0.15, -0.1) is 0 Å². The lowest BCUT2D eigenvalue weighted by atomic mass is 10.2. The summed E-state index contributed by atoms with van der Waals surface area (Å²) in [4.78, 5) is 23.1. The van der Waals surface area contributed by atoms with Gasteiger partial charge in [0.1, 0.15) is 0 Å². The van der Waals surface area contributed by atoms with Gasteiger partial charge in [0.2, 0.25) is 0 Å². The van der Waals surface area contributed by atoms with Crippen LogP contribution < -0.4 is 11.1 Å². The maximum Gasteiger partial charge on any atom is 0.340 e. The van der Waals surface area contributed by atoms with E-state index in [0.29, 0.717) is 12.2 Å². The SMILES string of the molecule is CCCCNC(=O)COC(=O)c1cc(Br)ccc1N. The van der Waals surface area contributed by atoms with Crippen molar-refractivity contribution >= 4 is 33.5 Å². The van der Waals surface area contributed by atoms with Crippen LogP contribution in [0, 0.1) is 0 Å². The number of halogens is 1. The molecule has 0 heterocycles. The zero-order chi connectivity index (χ0) is 14.3. The van der Waals surface area contributed by atoms with E-state index in [1.807, 2.05) is 6.92 Å². The second-order valence-electron chi connectivity index (χ2n) is 4.01. The smallest absolute Gasteiger partial charge is 0.340 e. The first kappa shape index (κ1) is 15.5. The molecule has 0 atom stereocenters. The molecule has 0 bridgehead atoms. The Hall–Kier alpha value is -1.56. The van der Waals surface area contributed by atoms with Crippen LogP contribution >= 0.6 is 15.9 Å². The summed E-state index contributed by atoms with van der Waals surface area (Å²) >= 11 is 3.24. The lowest BCUT2D eigenvalue weighted by Gasteiger charge is -2.08. The van der Waals surface area contributed by atoms with Crippen LogP contribution in [0.3, 0.4) is 0 Å². The van der Waals surface area contributed by atoms with Crippen LogP contribution in [0.2, 0.25) is 0 Å². The maximum absolute atomic E-state index is 11.7. The zero-order valence-corrected chi connectivity index (χ0v) is 12.3. The number of benzene rings is 1. The van der Waals surface area contributed by atoms with Gasteiger partial charge in [0.25, 0.3) is 5.91 Å². The number of anilines is 1. The van der Waals surface area contributed by atoms with E-state index in [0.717, 1.165) is 17.3 Å². The highest BCUT2D eigenvalue weighted by Crippen LogP contribution is 2.19. The first-order chi connectivity index (χ1) is 9.04. The van der Waals surface area contributed by atoms with Gasteiger partial charge in [-0.05, 0) is 24.6 Å². The van der Waals surface area contributed by atoms with Crippen molar-refractivity contribution < 1.29 is 14.3 Å². The number of amides is 1. The van der Waals surface area contributed by atoms with Gasteiger partial charge in [0.15, 0.2) is 6.61 Å². The maximum atomic E-state index is 11.7. The first-order valence-corrected chi connectivity index (χ1v) is 6.82. The normalized spacial score (nSPS) is 10.0. The number of unbranched alkanes of at least 4 members (excludes halogenated alkanes) is 1. The molecule has 0 saturated heterocycles. The number of nitrogen functional groups attached to an aromatic ring is 1. The summed E-state index contributed by atoms with van der Waals surface area (Å²) in [6.07, 6.45) is 1.90. The summed E-state index contributed by atoms with van der Waals surface area (Å²) in [6, 6.07) is 4.89. The van der Waals surface area contributed by atoms with Crippen molar-refractivity contribution in [1.29, 1.82) is 0 Å². The molecule has 0 aliphatic carbocycles. The largest absolute Gasteiger partial charge is 0.452 e. The molecule has 0 spiro atoms. The number of rotatable bonds is 6. The Morgan fingerprint density at radius 3 is 2.84 bits per heavy atom. The highest BCUT2D eigenvalue weighted by Gasteiger charge is 2.13. The van der Waals surface area contributed by atoms with E-state index in [2.05, 4.69) is 21.2 Å². The molecule has 0 fully saturated rings. The molecule has 0 aromatic heterocycles. The van der Waals surface area contributed by atoms with Crippen molar-refractivity contribution in [3.63, 3.8) is 0 Å². The van der Waals surface area contributed by atoms with Crippen molar-refractivity contribution in [3.05, 3.63) is 28.2 Å². The van der Waals surface area contributed by atoms with E-state index in [-0.39, 0.29) is 18.1 Å². The predicted molar refractivity (Wildman–Crippen MR) is 76.8 cm³/mol. The number of nitrogens with one attached hydrogen (secondary N) is 1. The molecule has 19 heavy (non-hydrogen) atoms. The number of carbonyl (C=O) groups is 2. The molecule has 5 nitrogen and oxygen atoms in total. The van der Waals surface area contributed by atoms with Crippen LogP contribution in [0.5, 0.6) is 0 Å². The van der Waals surface area contributed by atoms with Crippen LogP contribution in [0.1, 0.15) is 30.1 Å². The zero-order valence-electron chi connectivity index (χ0n) is 10.7. The fraction of sp³-hybridized carbons (Fsp3) is 0.385.